The van der Waals surface area contributed by atoms with Gasteiger partial charge in [0.15, 0.2) is 11.5 Å². The number of para-hydroxylation sites is 6. The summed E-state index contributed by atoms with van der Waals surface area (Å²) in [5.74, 6) is 0.871. The van der Waals surface area contributed by atoms with E-state index in [1.807, 2.05) is 102 Å². The summed E-state index contributed by atoms with van der Waals surface area (Å²) in [6.07, 6.45) is 0. The summed E-state index contributed by atoms with van der Waals surface area (Å²) in [5, 5.41) is 9.86. The predicted octanol–water partition coefficient (Wildman–Crippen LogP) is 16.8. The van der Waals surface area contributed by atoms with Crippen LogP contribution in [0.2, 0.25) is 0 Å². The molecule has 0 aliphatic carbocycles. The van der Waals surface area contributed by atoms with Crippen LogP contribution in [0.4, 0.5) is 5.69 Å². The highest BCUT2D eigenvalue weighted by atomic mass is 32.1. The highest BCUT2D eigenvalue weighted by Crippen LogP contribution is 2.47. The van der Waals surface area contributed by atoms with E-state index in [2.05, 4.69) is 116 Å². The summed E-state index contributed by atoms with van der Waals surface area (Å²) in [5.41, 5.74) is 8.26. The van der Waals surface area contributed by atoms with Gasteiger partial charge >= 0.3 is 0 Å². The lowest BCUT2D eigenvalue weighted by Crippen LogP contribution is -2.12. The van der Waals surface area contributed by atoms with Crippen molar-refractivity contribution in [2.24, 2.45) is 0 Å². The van der Waals surface area contributed by atoms with Crippen molar-refractivity contribution >= 4 is 124 Å². The van der Waals surface area contributed by atoms with Crippen LogP contribution in [-0.2, 0) is 0 Å². The lowest BCUT2D eigenvalue weighted by Gasteiger charge is -2.20. The summed E-state index contributed by atoms with van der Waals surface area (Å²) in [6, 6.07) is 67.1. The Kier molecular flexibility index (Phi) is 7.64. The van der Waals surface area contributed by atoms with Crippen LogP contribution in [0.15, 0.2) is 218 Å². The molecule has 0 radical (unpaired) electrons. The van der Waals surface area contributed by atoms with E-state index in [0.29, 0.717) is 34.5 Å². The highest BCUT2D eigenvalue weighted by Gasteiger charge is 2.28. The van der Waals surface area contributed by atoms with Gasteiger partial charge in [0, 0.05) is 57.9 Å². The molecule has 0 unspecified atom stereocenters. The average Bonchev–Trinajstić information content (AvgIpc) is 4.30. The van der Waals surface area contributed by atoms with Gasteiger partial charge < -0.3 is 9.13 Å². The Labute approximate surface area is 424 Å². The first-order valence-electron chi connectivity index (χ1n) is 25.6. The maximum Gasteiger partial charge on any atom is 0.240 e. The van der Waals surface area contributed by atoms with Crippen molar-refractivity contribution in [3.63, 3.8) is 0 Å². The molecule has 8 nitrogen and oxygen atoms in total. The van der Waals surface area contributed by atoms with Gasteiger partial charge in [0.2, 0.25) is 11.9 Å². The normalized spacial score (nSPS) is 12.7. The Morgan fingerprint density at radius 3 is 1.38 bits per heavy atom. The molecular formula is C64H36N8S. The average molecular weight is 952 g/mol. The maximum atomic E-state index is 10.5. The molecule has 9 heteroatoms. The molecule has 0 spiro atoms. The van der Waals surface area contributed by atoms with E-state index in [0.717, 1.165) is 107 Å². The fraction of sp³-hybridized carbons (Fsp3) is 0. The summed E-state index contributed by atoms with van der Waals surface area (Å²) in [4.78, 5) is 20.7. The van der Waals surface area contributed by atoms with Gasteiger partial charge in [-0.05, 0) is 78.1 Å². The van der Waals surface area contributed by atoms with Gasteiger partial charge in [0.1, 0.15) is 0 Å². The van der Waals surface area contributed by atoms with Crippen LogP contribution in [0.1, 0.15) is 4.11 Å². The zero-order valence-corrected chi connectivity index (χ0v) is 39.4. The molecule has 6 aromatic heterocycles. The van der Waals surface area contributed by atoms with Crippen molar-refractivity contribution in [1.82, 2.24) is 33.2 Å². The number of aromatic nitrogens is 7. The predicted molar refractivity (Wildman–Crippen MR) is 302 cm³/mol. The SMILES string of the molecule is [2H]c1c([2H])c(-n2c3ccccc3c3cc([N+]#[C-])ccc32)c(-c2nc(-n3c4ccccc4c4ccccc43)nc(-n3c4ccccc4c4ccccc43)n2)c(-n2c3ccccc3c3ccc4sc5ccccc5c4c32)c1[2H]. The number of hydrogen-bond acceptors (Lipinski definition) is 4. The van der Waals surface area contributed by atoms with Gasteiger partial charge in [-0.15, -0.1) is 11.3 Å². The minimum Gasteiger partial charge on any atom is -0.309 e. The zero-order valence-electron chi connectivity index (χ0n) is 41.5. The van der Waals surface area contributed by atoms with Crippen molar-refractivity contribution in [2.45, 2.75) is 0 Å². The maximum absolute atomic E-state index is 10.5. The number of benzene rings is 10. The third-order valence-electron chi connectivity index (χ3n) is 14.6. The van der Waals surface area contributed by atoms with Gasteiger partial charge in [-0.25, -0.2) is 4.85 Å². The molecule has 16 aromatic rings. The third-order valence-corrected chi connectivity index (χ3v) is 15.8. The van der Waals surface area contributed by atoms with Gasteiger partial charge in [-0.1, -0.05) is 146 Å². The van der Waals surface area contributed by atoms with Crippen LogP contribution in [0.5, 0.6) is 0 Å². The molecule has 0 N–H and O–H groups in total. The largest absolute Gasteiger partial charge is 0.309 e. The minimum atomic E-state index is -0.259. The molecule has 16 rings (SSSR count). The lowest BCUT2D eigenvalue weighted by atomic mass is 10.1. The molecule has 0 bridgehead atoms. The molecule has 0 atom stereocenters. The first-order chi connectivity index (χ1) is 37.4. The summed E-state index contributed by atoms with van der Waals surface area (Å²) >= 11 is 1.72. The van der Waals surface area contributed by atoms with Crippen LogP contribution < -0.4 is 0 Å². The quantitative estimate of drug-likeness (QED) is 0.162. The van der Waals surface area contributed by atoms with Crippen molar-refractivity contribution in [3.05, 3.63) is 230 Å². The topological polar surface area (TPSA) is 62.8 Å². The molecule has 338 valence electrons. The van der Waals surface area contributed by atoms with Gasteiger partial charge in [-0.3, -0.25) is 9.13 Å². The fourth-order valence-electron chi connectivity index (χ4n) is 11.6. The Morgan fingerprint density at radius 2 is 0.836 bits per heavy atom. The van der Waals surface area contributed by atoms with Crippen LogP contribution in [0.25, 0.3) is 147 Å². The second-order valence-electron chi connectivity index (χ2n) is 18.4. The van der Waals surface area contributed by atoms with E-state index in [1.165, 1.54) is 0 Å². The van der Waals surface area contributed by atoms with Gasteiger partial charge in [0.05, 0.1) is 71.8 Å². The standard InChI is InChI=1S/C64H36N8S/c1-65-38-33-35-54-47(37-38)44-22-7-9-24-48(44)69(54)55-30-16-31-56(70-49-25-10-6-21-43(49)45-34-36-58-59(61(45)70)46-23-8-15-32-57(46)73-58)60(55)62-66-63(71-50-26-11-2-17-39(50)40-18-3-12-27-51(40)71)68-64(67-62)72-52-28-13-4-19-41(52)42-20-5-14-29-53(42)72/h2-37H/i16D,30D,31D. The minimum absolute atomic E-state index is 0.156. The van der Waals surface area contributed by atoms with E-state index in [-0.39, 0.29) is 24.0 Å². The van der Waals surface area contributed by atoms with E-state index < -0.39 is 0 Å². The molecule has 0 aliphatic rings. The van der Waals surface area contributed by atoms with Crippen LogP contribution >= 0.6 is 11.3 Å². The first-order valence-corrected chi connectivity index (χ1v) is 24.9. The van der Waals surface area contributed by atoms with Gasteiger partial charge in [-0.2, -0.15) is 15.0 Å². The Morgan fingerprint density at radius 1 is 0.397 bits per heavy atom. The van der Waals surface area contributed by atoms with Gasteiger partial charge in [0.25, 0.3) is 0 Å². The molecule has 0 fully saturated rings. The van der Waals surface area contributed by atoms with E-state index in [1.54, 1.807) is 17.4 Å². The first kappa shape index (κ1) is 37.0. The second kappa shape index (κ2) is 15.1. The Hall–Kier alpha value is -9.88. The van der Waals surface area contributed by atoms with Crippen LogP contribution in [-0.4, -0.2) is 33.2 Å². The molecule has 0 amide bonds. The fourth-order valence-corrected chi connectivity index (χ4v) is 12.8. The zero-order chi connectivity index (χ0) is 50.5. The lowest BCUT2D eigenvalue weighted by molar-refractivity contribution is 0.891. The molecule has 0 aliphatic heterocycles. The summed E-state index contributed by atoms with van der Waals surface area (Å²) < 4.78 is 41.4. The van der Waals surface area contributed by atoms with Crippen LogP contribution in [0, 0.1) is 6.57 Å². The Balaban J connectivity index is 1.16. The number of nitrogens with zero attached hydrogens (tertiary/aromatic N) is 8. The number of thiophene rings is 1. The van der Waals surface area contributed by atoms with Crippen molar-refractivity contribution < 1.29 is 4.11 Å². The monoisotopic (exact) mass is 951 g/mol. The van der Waals surface area contributed by atoms with Crippen LogP contribution in [0.3, 0.4) is 0 Å². The van der Waals surface area contributed by atoms with Crippen molar-refractivity contribution in [1.29, 1.82) is 0 Å². The highest BCUT2D eigenvalue weighted by molar-refractivity contribution is 7.26. The molecule has 0 saturated carbocycles. The Bertz CT molecular complexity index is 5030. The smallest absolute Gasteiger partial charge is 0.240 e. The summed E-state index contributed by atoms with van der Waals surface area (Å²) in [6.45, 7) is 8.04. The van der Waals surface area contributed by atoms with Crippen molar-refractivity contribution in [3.8, 4) is 34.7 Å². The van der Waals surface area contributed by atoms with E-state index in [9.17, 15) is 4.11 Å². The number of rotatable bonds is 5. The summed E-state index contributed by atoms with van der Waals surface area (Å²) in [7, 11) is 0. The van der Waals surface area contributed by atoms with E-state index in [4.69, 9.17) is 21.5 Å². The molecular weight excluding hydrogens is 913 g/mol. The third kappa shape index (κ3) is 5.55. The molecule has 10 aromatic carbocycles. The number of fused-ring (bicyclic) bond motifs is 16. The molecule has 0 saturated heterocycles. The number of hydrogen-bond donors (Lipinski definition) is 0. The van der Waals surface area contributed by atoms with E-state index >= 15 is 0 Å². The second-order valence-corrected chi connectivity index (χ2v) is 19.5. The molecule has 73 heavy (non-hydrogen) atoms. The molecule has 6 heterocycles. The van der Waals surface area contributed by atoms with Crippen molar-refractivity contribution in [2.75, 3.05) is 0 Å².